The molecule has 196 valence electrons. The molecular formula is C26H42N4O5. The highest BCUT2D eigenvalue weighted by Gasteiger charge is 2.45. The van der Waals surface area contributed by atoms with Crippen LogP contribution in [0.5, 0.6) is 0 Å². The molecular weight excluding hydrogens is 448 g/mol. The van der Waals surface area contributed by atoms with Gasteiger partial charge in [-0.25, -0.2) is 5.06 Å². The molecule has 4 amide bonds. The van der Waals surface area contributed by atoms with Crippen LogP contribution in [0.25, 0.3) is 0 Å². The van der Waals surface area contributed by atoms with Gasteiger partial charge in [-0.2, -0.15) is 0 Å². The summed E-state index contributed by atoms with van der Waals surface area (Å²) in [6.07, 6.45) is 11.9. The van der Waals surface area contributed by atoms with Gasteiger partial charge in [0.2, 0.25) is 24.1 Å². The lowest BCUT2D eigenvalue weighted by atomic mass is 9.67. The van der Waals surface area contributed by atoms with Crippen LogP contribution >= 0.6 is 0 Å². The monoisotopic (exact) mass is 490 g/mol. The minimum absolute atomic E-state index is 0.0465. The summed E-state index contributed by atoms with van der Waals surface area (Å²) in [4.78, 5) is 51.7. The second kappa shape index (κ2) is 12.3. The van der Waals surface area contributed by atoms with Gasteiger partial charge in [0, 0.05) is 13.1 Å². The fourth-order valence-corrected chi connectivity index (χ4v) is 5.05. The van der Waals surface area contributed by atoms with Crippen molar-refractivity contribution in [3.05, 3.63) is 24.3 Å². The number of allylic oxidation sites excluding steroid dienone is 3. The van der Waals surface area contributed by atoms with Crippen LogP contribution in [0.1, 0.15) is 66.2 Å². The maximum Gasteiger partial charge on any atom is 0.245 e. The molecule has 35 heavy (non-hydrogen) atoms. The minimum atomic E-state index is -0.762. The molecule has 0 aromatic rings. The Morgan fingerprint density at radius 3 is 2.40 bits per heavy atom. The number of rotatable bonds is 11. The van der Waals surface area contributed by atoms with E-state index in [1.165, 1.54) is 0 Å². The van der Waals surface area contributed by atoms with Crippen LogP contribution in [0.4, 0.5) is 0 Å². The van der Waals surface area contributed by atoms with Crippen molar-refractivity contribution >= 4 is 24.1 Å². The van der Waals surface area contributed by atoms with Gasteiger partial charge in [0.05, 0.1) is 17.9 Å². The van der Waals surface area contributed by atoms with E-state index in [-0.39, 0.29) is 36.6 Å². The molecule has 0 aromatic carbocycles. The Labute approximate surface area is 208 Å². The topological polar surface area (TPSA) is 133 Å². The first-order valence-electron chi connectivity index (χ1n) is 12.6. The van der Waals surface area contributed by atoms with Crippen molar-refractivity contribution in [3.63, 3.8) is 0 Å². The fourth-order valence-electron chi connectivity index (χ4n) is 5.05. The standard InChI is InChI=1S/C26H42N4O5/c1-5-6-10-19(17-30(35)18-31)22(32)28-21(25(2,3)4)23(33)29-15-11-20(12-16-29)26(24(27)34)13-8-7-9-14-26/h7-9,13,18-21,35H,5-6,10-12,14-17H2,1-4H3,(H2,27,34)(H,28,32)/t19-,21-,26?/m1/s1. The Kier molecular flexibility index (Phi) is 10.1. The first-order valence-corrected chi connectivity index (χ1v) is 12.6. The molecule has 2 rings (SSSR count). The maximum absolute atomic E-state index is 13.6. The molecule has 0 radical (unpaired) electrons. The zero-order valence-corrected chi connectivity index (χ0v) is 21.5. The van der Waals surface area contributed by atoms with Crippen LogP contribution in [-0.2, 0) is 19.2 Å². The van der Waals surface area contributed by atoms with Gasteiger partial charge < -0.3 is 16.0 Å². The minimum Gasteiger partial charge on any atom is -0.369 e. The van der Waals surface area contributed by atoms with Crippen molar-refractivity contribution in [2.24, 2.45) is 28.4 Å². The summed E-state index contributed by atoms with van der Waals surface area (Å²) in [5.41, 5.74) is 4.53. The van der Waals surface area contributed by atoms with Gasteiger partial charge in [-0.1, -0.05) is 64.8 Å². The van der Waals surface area contributed by atoms with E-state index in [4.69, 9.17) is 5.73 Å². The summed E-state index contributed by atoms with van der Waals surface area (Å²) in [5.74, 6) is -1.43. The molecule has 4 N–H and O–H groups in total. The molecule has 0 saturated carbocycles. The number of likely N-dealkylation sites (tertiary alicyclic amines) is 1. The molecule has 9 nitrogen and oxygen atoms in total. The van der Waals surface area contributed by atoms with Crippen molar-refractivity contribution in [1.29, 1.82) is 0 Å². The van der Waals surface area contributed by atoms with Crippen molar-refractivity contribution in [2.75, 3.05) is 19.6 Å². The molecule has 1 saturated heterocycles. The van der Waals surface area contributed by atoms with Gasteiger partial charge in [0.25, 0.3) is 0 Å². The number of amides is 4. The Morgan fingerprint density at radius 2 is 1.91 bits per heavy atom. The Hall–Kier alpha value is -2.68. The second-order valence-electron chi connectivity index (χ2n) is 10.9. The van der Waals surface area contributed by atoms with Gasteiger partial charge in [-0.3, -0.25) is 24.4 Å². The normalized spacial score (nSPS) is 22.4. The fraction of sp³-hybridized carbons (Fsp3) is 0.692. The molecule has 2 aliphatic rings. The first kappa shape index (κ1) is 28.6. The quantitative estimate of drug-likeness (QED) is 0.232. The van der Waals surface area contributed by atoms with Gasteiger partial charge in [-0.15, -0.1) is 0 Å². The number of hydroxylamine groups is 2. The lowest BCUT2D eigenvalue weighted by molar-refractivity contribution is -0.155. The highest BCUT2D eigenvalue weighted by Crippen LogP contribution is 2.42. The predicted octanol–water partition coefficient (Wildman–Crippen LogP) is 2.40. The number of hydrogen-bond donors (Lipinski definition) is 3. The van der Waals surface area contributed by atoms with Crippen LogP contribution in [0.2, 0.25) is 0 Å². The van der Waals surface area contributed by atoms with E-state index in [1.807, 2.05) is 52.0 Å². The summed E-state index contributed by atoms with van der Waals surface area (Å²) < 4.78 is 0. The molecule has 0 aromatic heterocycles. The molecule has 0 bridgehead atoms. The molecule has 0 spiro atoms. The van der Waals surface area contributed by atoms with Crippen LogP contribution in [0.15, 0.2) is 24.3 Å². The van der Waals surface area contributed by atoms with Gasteiger partial charge in [0.15, 0.2) is 0 Å². The average Bonchev–Trinajstić information content (AvgIpc) is 2.84. The van der Waals surface area contributed by atoms with E-state index < -0.39 is 22.8 Å². The smallest absolute Gasteiger partial charge is 0.245 e. The van der Waals surface area contributed by atoms with Gasteiger partial charge in [0.1, 0.15) is 6.04 Å². The van der Waals surface area contributed by atoms with Crippen molar-refractivity contribution in [2.45, 2.75) is 72.3 Å². The number of primary amides is 1. The van der Waals surface area contributed by atoms with E-state index in [9.17, 15) is 24.4 Å². The SMILES string of the molecule is CCCC[C@H](CN(O)C=O)C(=O)N[C@H](C(=O)N1CCC(C2(C(N)=O)C=CC=CC2)CC1)C(C)(C)C. The third-order valence-electron chi connectivity index (χ3n) is 7.30. The molecule has 1 unspecified atom stereocenters. The summed E-state index contributed by atoms with van der Waals surface area (Å²) in [6, 6.07) is -0.762. The summed E-state index contributed by atoms with van der Waals surface area (Å²) in [7, 11) is 0. The van der Waals surface area contributed by atoms with E-state index in [1.54, 1.807) is 4.90 Å². The third kappa shape index (κ3) is 7.16. The number of carbonyl (C=O) groups excluding carboxylic acids is 4. The summed E-state index contributed by atoms with van der Waals surface area (Å²) >= 11 is 0. The molecule has 3 atom stereocenters. The van der Waals surface area contributed by atoms with Crippen LogP contribution < -0.4 is 11.1 Å². The number of unbranched alkanes of at least 4 members (excludes halogenated alkanes) is 1. The van der Waals surface area contributed by atoms with Crippen LogP contribution in [0, 0.1) is 22.7 Å². The molecule has 1 fully saturated rings. The third-order valence-corrected chi connectivity index (χ3v) is 7.30. The Bertz CT molecular complexity index is 826. The molecule has 1 aliphatic heterocycles. The lowest BCUT2D eigenvalue weighted by Gasteiger charge is -2.43. The summed E-state index contributed by atoms with van der Waals surface area (Å²) in [6.45, 7) is 8.53. The van der Waals surface area contributed by atoms with Crippen LogP contribution in [-0.4, -0.2) is 65.0 Å². The second-order valence-corrected chi connectivity index (χ2v) is 10.9. The highest BCUT2D eigenvalue weighted by molar-refractivity contribution is 5.89. The van der Waals surface area contributed by atoms with E-state index in [0.717, 1.165) is 12.8 Å². The predicted molar refractivity (Wildman–Crippen MR) is 133 cm³/mol. The molecule has 1 aliphatic carbocycles. The van der Waals surface area contributed by atoms with Crippen molar-refractivity contribution in [3.8, 4) is 0 Å². The number of carbonyl (C=O) groups is 4. The number of nitrogens with two attached hydrogens (primary N) is 1. The highest BCUT2D eigenvalue weighted by atomic mass is 16.5. The Morgan fingerprint density at radius 1 is 1.26 bits per heavy atom. The van der Waals surface area contributed by atoms with E-state index in [0.29, 0.717) is 43.8 Å². The average molecular weight is 491 g/mol. The number of piperidine rings is 1. The first-order chi connectivity index (χ1) is 16.5. The zero-order chi connectivity index (χ0) is 26.2. The number of nitrogens with one attached hydrogen (secondary N) is 1. The maximum atomic E-state index is 13.6. The number of nitrogens with zero attached hydrogens (tertiary/aromatic N) is 2. The summed E-state index contributed by atoms with van der Waals surface area (Å²) in [5, 5.41) is 13.0. The van der Waals surface area contributed by atoms with Crippen molar-refractivity contribution in [1.82, 2.24) is 15.3 Å². The van der Waals surface area contributed by atoms with Crippen molar-refractivity contribution < 1.29 is 24.4 Å². The van der Waals surface area contributed by atoms with Gasteiger partial charge in [-0.05, 0) is 37.0 Å². The zero-order valence-electron chi connectivity index (χ0n) is 21.5. The lowest BCUT2D eigenvalue weighted by Crippen LogP contribution is -2.58. The largest absolute Gasteiger partial charge is 0.369 e. The number of hydrogen-bond acceptors (Lipinski definition) is 5. The van der Waals surface area contributed by atoms with E-state index in [2.05, 4.69) is 5.32 Å². The van der Waals surface area contributed by atoms with Crippen LogP contribution in [0.3, 0.4) is 0 Å². The van der Waals surface area contributed by atoms with Gasteiger partial charge >= 0.3 is 0 Å². The molecule has 1 heterocycles. The molecule has 9 heteroatoms. The van der Waals surface area contributed by atoms with E-state index >= 15 is 0 Å². The Balaban J connectivity index is 2.11.